The molecule has 2 atom stereocenters. The number of likely N-dealkylation sites (N-methyl/N-ethyl adjacent to an activating group) is 1. The van der Waals surface area contributed by atoms with Gasteiger partial charge in [0.2, 0.25) is 5.91 Å². The molecule has 1 fully saturated rings. The molecule has 3 nitrogen and oxygen atoms in total. The van der Waals surface area contributed by atoms with Crippen molar-refractivity contribution in [2.24, 2.45) is 17.6 Å². The number of hydrogen-bond donors (Lipinski definition) is 1. The number of nitrogens with zero attached hydrogens (tertiary/aromatic N) is 1. The summed E-state index contributed by atoms with van der Waals surface area (Å²) in [5, 5.41) is 0. The Balaban J connectivity index is 2.49. The first-order chi connectivity index (χ1) is 8.51. The molecule has 1 aliphatic carbocycles. The highest BCUT2D eigenvalue weighted by molar-refractivity contribution is 5.82. The first-order valence-electron chi connectivity index (χ1n) is 7.53. The van der Waals surface area contributed by atoms with E-state index in [4.69, 9.17) is 5.73 Å². The fourth-order valence-electron chi connectivity index (χ4n) is 2.85. The van der Waals surface area contributed by atoms with Crippen molar-refractivity contribution >= 4 is 5.91 Å². The Morgan fingerprint density at radius 3 is 2.28 bits per heavy atom. The lowest BCUT2D eigenvalue weighted by molar-refractivity contribution is -0.135. The molecule has 0 aromatic heterocycles. The highest BCUT2D eigenvalue weighted by Gasteiger charge is 2.29. The zero-order chi connectivity index (χ0) is 13.7. The van der Waals surface area contributed by atoms with E-state index in [-0.39, 0.29) is 17.9 Å². The van der Waals surface area contributed by atoms with Crippen LogP contribution >= 0.6 is 0 Å². The van der Waals surface area contributed by atoms with E-state index in [1.165, 1.54) is 19.3 Å². The monoisotopic (exact) mass is 254 g/mol. The topological polar surface area (TPSA) is 46.3 Å². The van der Waals surface area contributed by atoms with Crippen molar-refractivity contribution in [3.05, 3.63) is 0 Å². The Morgan fingerprint density at radius 1 is 1.28 bits per heavy atom. The maximum Gasteiger partial charge on any atom is 0.239 e. The summed E-state index contributed by atoms with van der Waals surface area (Å²) >= 11 is 0. The first-order valence-corrected chi connectivity index (χ1v) is 7.53. The highest BCUT2D eigenvalue weighted by Crippen LogP contribution is 2.29. The molecule has 3 heteroatoms. The van der Waals surface area contributed by atoms with Crippen molar-refractivity contribution in [3.63, 3.8) is 0 Å². The van der Waals surface area contributed by atoms with E-state index in [1.807, 2.05) is 11.9 Å². The lowest BCUT2D eigenvalue weighted by Gasteiger charge is -2.36. The normalized spacial score (nSPS) is 27.6. The second-order valence-electron chi connectivity index (χ2n) is 5.94. The minimum atomic E-state index is -0.330. The van der Waals surface area contributed by atoms with Crippen LogP contribution in [0.15, 0.2) is 0 Å². The molecular weight excluding hydrogens is 224 g/mol. The second kappa shape index (κ2) is 7.13. The summed E-state index contributed by atoms with van der Waals surface area (Å²) in [6.07, 6.45) is 7.05. The molecular formula is C15H30N2O. The van der Waals surface area contributed by atoms with Crippen LogP contribution in [0.3, 0.4) is 0 Å². The van der Waals surface area contributed by atoms with Crippen molar-refractivity contribution in [1.82, 2.24) is 4.90 Å². The molecule has 1 saturated carbocycles. The summed E-state index contributed by atoms with van der Waals surface area (Å²) in [4.78, 5) is 14.2. The Hall–Kier alpha value is -0.570. The van der Waals surface area contributed by atoms with Gasteiger partial charge in [-0.15, -0.1) is 0 Å². The number of carbonyl (C=O) groups excluding carboxylic acids is 1. The molecule has 1 amide bonds. The molecule has 0 aliphatic heterocycles. The van der Waals surface area contributed by atoms with Crippen molar-refractivity contribution in [3.8, 4) is 0 Å². The summed E-state index contributed by atoms with van der Waals surface area (Å²) in [5.41, 5.74) is 6.04. The van der Waals surface area contributed by atoms with Crippen LogP contribution in [-0.4, -0.2) is 29.9 Å². The van der Waals surface area contributed by atoms with Gasteiger partial charge < -0.3 is 10.6 Å². The van der Waals surface area contributed by atoms with E-state index in [9.17, 15) is 4.79 Å². The lowest BCUT2D eigenvalue weighted by Crippen LogP contribution is -2.50. The molecule has 106 valence electrons. The Kier molecular flexibility index (Phi) is 6.13. The smallest absolute Gasteiger partial charge is 0.239 e. The summed E-state index contributed by atoms with van der Waals surface area (Å²) in [6.45, 7) is 6.41. The van der Waals surface area contributed by atoms with Crippen LogP contribution in [0.4, 0.5) is 0 Å². The SMILES string of the molecule is CCC1CCC(N(C)C(=O)C(N)C(C)CC)CC1. The average Bonchev–Trinajstić information content (AvgIpc) is 2.44. The van der Waals surface area contributed by atoms with Crippen LogP contribution in [0.2, 0.25) is 0 Å². The van der Waals surface area contributed by atoms with E-state index >= 15 is 0 Å². The summed E-state index contributed by atoms with van der Waals surface area (Å²) < 4.78 is 0. The predicted molar refractivity (Wildman–Crippen MR) is 76.2 cm³/mol. The number of rotatable bonds is 5. The minimum Gasteiger partial charge on any atom is -0.341 e. The van der Waals surface area contributed by atoms with Gasteiger partial charge in [0.1, 0.15) is 0 Å². The second-order valence-corrected chi connectivity index (χ2v) is 5.94. The number of hydrogen-bond acceptors (Lipinski definition) is 2. The van der Waals surface area contributed by atoms with Crippen LogP contribution in [0.25, 0.3) is 0 Å². The van der Waals surface area contributed by atoms with Gasteiger partial charge in [-0.2, -0.15) is 0 Å². The fourth-order valence-corrected chi connectivity index (χ4v) is 2.85. The molecule has 0 radical (unpaired) electrons. The van der Waals surface area contributed by atoms with Crippen molar-refractivity contribution in [2.45, 2.75) is 71.4 Å². The first kappa shape index (κ1) is 15.5. The number of amides is 1. The Morgan fingerprint density at radius 2 is 1.83 bits per heavy atom. The summed E-state index contributed by atoms with van der Waals surface area (Å²) in [6, 6.07) is 0.0827. The van der Waals surface area contributed by atoms with Gasteiger partial charge >= 0.3 is 0 Å². The van der Waals surface area contributed by atoms with Crippen molar-refractivity contribution in [2.75, 3.05) is 7.05 Å². The fraction of sp³-hybridized carbons (Fsp3) is 0.933. The molecule has 2 N–H and O–H groups in total. The molecule has 1 aliphatic rings. The molecule has 1 rings (SSSR count). The third-order valence-corrected chi connectivity index (χ3v) is 4.83. The van der Waals surface area contributed by atoms with Gasteiger partial charge in [0.05, 0.1) is 6.04 Å². The Labute approximate surface area is 112 Å². The van der Waals surface area contributed by atoms with Crippen molar-refractivity contribution < 1.29 is 4.79 Å². The molecule has 0 spiro atoms. The molecule has 0 aromatic carbocycles. The van der Waals surface area contributed by atoms with Gasteiger partial charge in [0.15, 0.2) is 0 Å². The number of carbonyl (C=O) groups is 1. The minimum absolute atomic E-state index is 0.129. The third kappa shape index (κ3) is 3.71. The van der Waals surface area contributed by atoms with Gasteiger partial charge in [0, 0.05) is 13.1 Å². The summed E-state index contributed by atoms with van der Waals surface area (Å²) in [5.74, 6) is 1.27. The van der Waals surface area contributed by atoms with Gasteiger partial charge in [-0.25, -0.2) is 0 Å². The van der Waals surface area contributed by atoms with E-state index in [2.05, 4.69) is 20.8 Å². The maximum atomic E-state index is 12.3. The summed E-state index contributed by atoms with van der Waals surface area (Å²) in [7, 11) is 1.93. The average molecular weight is 254 g/mol. The van der Waals surface area contributed by atoms with Crippen LogP contribution in [0.1, 0.15) is 59.3 Å². The molecule has 2 unspecified atom stereocenters. The highest BCUT2D eigenvalue weighted by atomic mass is 16.2. The molecule has 18 heavy (non-hydrogen) atoms. The quantitative estimate of drug-likeness (QED) is 0.820. The lowest BCUT2D eigenvalue weighted by atomic mass is 9.83. The van der Waals surface area contributed by atoms with Gasteiger partial charge in [-0.1, -0.05) is 33.6 Å². The van der Waals surface area contributed by atoms with Crippen molar-refractivity contribution in [1.29, 1.82) is 0 Å². The van der Waals surface area contributed by atoms with Crippen LogP contribution in [-0.2, 0) is 4.79 Å². The van der Waals surface area contributed by atoms with Gasteiger partial charge in [-0.3, -0.25) is 4.79 Å². The Bertz CT molecular complexity index is 259. The maximum absolute atomic E-state index is 12.3. The largest absolute Gasteiger partial charge is 0.341 e. The number of nitrogens with two attached hydrogens (primary N) is 1. The van der Waals surface area contributed by atoms with E-state index in [0.29, 0.717) is 6.04 Å². The van der Waals surface area contributed by atoms with Crippen LogP contribution in [0.5, 0.6) is 0 Å². The zero-order valence-electron chi connectivity index (χ0n) is 12.5. The van der Waals surface area contributed by atoms with Gasteiger partial charge in [-0.05, 0) is 37.5 Å². The predicted octanol–water partition coefficient (Wildman–Crippen LogP) is 2.79. The van der Waals surface area contributed by atoms with Gasteiger partial charge in [0.25, 0.3) is 0 Å². The molecule has 0 aromatic rings. The van der Waals surface area contributed by atoms with E-state index < -0.39 is 0 Å². The zero-order valence-corrected chi connectivity index (χ0v) is 12.5. The van der Waals surface area contributed by atoms with E-state index in [0.717, 1.165) is 25.2 Å². The van der Waals surface area contributed by atoms with Crippen LogP contribution < -0.4 is 5.73 Å². The van der Waals surface area contributed by atoms with E-state index in [1.54, 1.807) is 0 Å². The standard InChI is InChI=1S/C15H30N2O/c1-5-11(3)14(16)15(18)17(4)13-9-7-12(6-2)8-10-13/h11-14H,5-10,16H2,1-4H3. The molecule has 0 saturated heterocycles. The molecule has 0 bridgehead atoms. The third-order valence-electron chi connectivity index (χ3n) is 4.83. The van der Waals surface area contributed by atoms with Crippen LogP contribution in [0, 0.1) is 11.8 Å². The molecule has 0 heterocycles.